The van der Waals surface area contributed by atoms with Crippen LogP contribution in [0, 0.1) is 12.8 Å². The van der Waals surface area contributed by atoms with Gasteiger partial charge in [0, 0.05) is 18.4 Å². The Labute approximate surface area is 153 Å². The Morgan fingerprint density at radius 2 is 2.23 bits per heavy atom. The lowest BCUT2D eigenvalue weighted by atomic mass is 9.79. The molecule has 1 aromatic carbocycles. The summed E-state index contributed by atoms with van der Waals surface area (Å²) in [6.07, 6.45) is 5.43. The number of aromatic nitrogens is 1. The van der Waals surface area contributed by atoms with Crippen molar-refractivity contribution in [1.82, 2.24) is 9.88 Å². The zero-order valence-corrected chi connectivity index (χ0v) is 15.1. The van der Waals surface area contributed by atoms with E-state index in [-0.39, 0.29) is 11.5 Å². The lowest BCUT2D eigenvalue weighted by Crippen LogP contribution is -2.66. The summed E-state index contributed by atoms with van der Waals surface area (Å²) in [6, 6.07) is 11.6. The van der Waals surface area contributed by atoms with Crippen LogP contribution in [0.1, 0.15) is 28.8 Å². The Balaban J connectivity index is 1.32. The second-order valence-corrected chi connectivity index (χ2v) is 7.26. The van der Waals surface area contributed by atoms with Crippen LogP contribution < -0.4 is 4.74 Å². The Hall–Kier alpha value is -2.40. The van der Waals surface area contributed by atoms with Gasteiger partial charge in [-0.15, -0.1) is 0 Å². The van der Waals surface area contributed by atoms with E-state index in [1.54, 1.807) is 12.4 Å². The molecule has 0 bridgehead atoms. The molecular formula is C21H24N2O3. The summed E-state index contributed by atoms with van der Waals surface area (Å²) in [5, 5.41) is 0. The fourth-order valence-electron chi connectivity index (χ4n) is 4.00. The van der Waals surface area contributed by atoms with E-state index in [2.05, 4.69) is 4.98 Å². The first kappa shape index (κ1) is 17.0. The predicted molar refractivity (Wildman–Crippen MR) is 98.2 cm³/mol. The minimum absolute atomic E-state index is 0.0974. The standard InChI is InChI=1S/C21H24N2O3/c1-16-4-2-5-17(12-16)20(24)23-14-21(15-23)18(8-11-26-21)7-10-25-19-6-3-9-22-13-19/h2-6,9,12-13,18H,7-8,10-11,14-15H2,1H3/t18-/m1/s1. The number of amides is 1. The number of hydrogen-bond acceptors (Lipinski definition) is 4. The molecule has 0 unspecified atom stereocenters. The molecule has 0 radical (unpaired) electrons. The van der Waals surface area contributed by atoms with Crippen molar-refractivity contribution >= 4 is 5.91 Å². The smallest absolute Gasteiger partial charge is 0.254 e. The maximum Gasteiger partial charge on any atom is 0.254 e. The fraction of sp³-hybridized carbons (Fsp3) is 0.429. The summed E-state index contributed by atoms with van der Waals surface area (Å²) >= 11 is 0. The molecule has 5 nitrogen and oxygen atoms in total. The molecule has 26 heavy (non-hydrogen) atoms. The van der Waals surface area contributed by atoms with Gasteiger partial charge in [-0.25, -0.2) is 0 Å². The Kier molecular flexibility index (Phi) is 4.64. The molecule has 0 aliphatic carbocycles. The van der Waals surface area contributed by atoms with E-state index < -0.39 is 0 Å². The third-order valence-corrected chi connectivity index (χ3v) is 5.44. The van der Waals surface area contributed by atoms with Crippen molar-refractivity contribution in [2.24, 2.45) is 5.92 Å². The molecule has 2 fully saturated rings. The van der Waals surface area contributed by atoms with Crippen LogP contribution in [0.25, 0.3) is 0 Å². The van der Waals surface area contributed by atoms with Crippen molar-refractivity contribution in [3.63, 3.8) is 0 Å². The number of benzene rings is 1. The second-order valence-electron chi connectivity index (χ2n) is 7.26. The molecule has 1 aromatic heterocycles. The van der Waals surface area contributed by atoms with Crippen LogP contribution in [0.5, 0.6) is 5.75 Å². The molecule has 1 amide bonds. The van der Waals surface area contributed by atoms with Gasteiger partial charge in [-0.1, -0.05) is 17.7 Å². The Morgan fingerprint density at radius 3 is 3.00 bits per heavy atom. The topological polar surface area (TPSA) is 51.7 Å². The minimum atomic E-state index is -0.183. The highest BCUT2D eigenvalue weighted by molar-refractivity contribution is 5.95. The van der Waals surface area contributed by atoms with Crippen LogP contribution in [-0.2, 0) is 4.74 Å². The van der Waals surface area contributed by atoms with Gasteiger partial charge < -0.3 is 14.4 Å². The summed E-state index contributed by atoms with van der Waals surface area (Å²) in [5.74, 6) is 1.33. The average molecular weight is 352 g/mol. The molecule has 136 valence electrons. The first-order valence-electron chi connectivity index (χ1n) is 9.19. The lowest BCUT2D eigenvalue weighted by Gasteiger charge is -2.50. The number of nitrogens with zero attached hydrogens (tertiary/aromatic N) is 2. The zero-order chi connectivity index (χ0) is 18.0. The summed E-state index contributed by atoms with van der Waals surface area (Å²) in [5.41, 5.74) is 1.68. The van der Waals surface area contributed by atoms with Gasteiger partial charge in [0.25, 0.3) is 5.91 Å². The number of carbonyl (C=O) groups excluding carboxylic acids is 1. The van der Waals surface area contributed by atoms with E-state index in [9.17, 15) is 4.79 Å². The van der Waals surface area contributed by atoms with E-state index in [1.807, 2.05) is 48.2 Å². The maximum atomic E-state index is 12.7. The van der Waals surface area contributed by atoms with Crippen LogP contribution in [0.15, 0.2) is 48.8 Å². The van der Waals surface area contributed by atoms with Gasteiger partial charge in [0.05, 0.1) is 25.9 Å². The van der Waals surface area contributed by atoms with Crippen molar-refractivity contribution in [2.75, 3.05) is 26.3 Å². The number of pyridine rings is 1. The zero-order valence-electron chi connectivity index (χ0n) is 15.1. The van der Waals surface area contributed by atoms with Crippen molar-refractivity contribution in [2.45, 2.75) is 25.4 Å². The van der Waals surface area contributed by atoms with Crippen molar-refractivity contribution in [1.29, 1.82) is 0 Å². The van der Waals surface area contributed by atoms with Crippen LogP contribution in [0.3, 0.4) is 0 Å². The normalized spacial score (nSPS) is 20.8. The van der Waals surface area contributed by atoms with Gasteiger partial charge in [0.1, 0.15) is 11.4 Å². The predicted octanol–water partition coefficient (Wildman–Crippen LogP) is 3.09. The molecule has 4 rings (SSSR count). The van der Waals surface area contributed by atoms with E-state index in [0.29, 0.717) is 25.6 Å². The number of rotatable bonds is 5. The molecule has 1 atom stereocenters. The summed E-state index contributed by atoms with van der Waals surface area (Å²) in [7, 11) is 0. The monoisotopic (exact) mass is 352 g/mol. The molecule has 2 aromatic rings. The largest absolute Gasteiger partial charge is 0.492 e. The van der Waals surface area contributed by atoms with E-state index in [4.69, 9.17) is 9.47 Å². The SMILES string of the molecule is Cc1cccc(C(=O)N2CC3(C2)OCC[C@H]3CCOc2cccnc2)c1. The third-order valence-electron chi connectivity index (χ3n) is 5.44. The summed E-state index contributed by atoms with van der Waals surface area (Å²) < 4.78 is 11.9. The van der Waals surface area contributed by atoms with Crippen LogP contribution >= 0.6 is 0 Å². The van der Waals surface area contributed by atoms with E-state index >= 15 is 0 Å². The van der Waals surface area contributed by atoms with E-state index in [1.165, 1.54) is 0 Å². The summed E-state index contributed by atoms with van der Waals surface area (Å²) in [6.45, 7) is 4.78. The van der Waals surface area contributed by atoms with Gasteiger partial charge in [0.15, 0.2) is 0 Å². The van der Waals surface area contributed by atoms with Gasteiger partial charge in [-0.05, 0) is 49.9 Å². The molecular weight excluding hydrogens is 328 g/mol. The molecule has 1 spiro atoms. The highest BCUT2D eigenvalue weighted by Crippen LogP contribution is 2.42. The third kappa shape index (κ3) is 3.31. The highest BCUT2D eigenvalue weighted by atomic mass is 16.5. The van der Waals surface area contributed by atoms with E-state index in [0.717, 1.165) is 36.3 Å². The van der Waals surface area contributed by atoms with Crippen molar-refractivity contribution < 1.29 is 14.3 Å². The van der Waals surface area contributed by atoms with Crippen LogP contribution in [0.4, 0.5) is 0 Å². The minimum Gasteiger partial charge on any atom is -0.492 e. The first-order chi connectivity index (χ1) is 12.7. The number of aryl methyl sites for hydroxylation is 1. The Morgan fingerprint density at radius 1 is 1.35 bits per heavy atom. The molecule has 2 aliphatic heterocycles. The average Bonchev–Trinajstić information content (AvgIpc) is 3.05. The van der Waals surface area contributed by atoms with Gasteiger partial charge in [0.2, 0.25) is 0 Å². The van der Waals surface area contributed by atoms with Crippen LogP contribution in [-0.4, -0.2) is 47.7 Å². The first-order valence-corrected chi connectivity index (χ1v) is 9.19. The molecule has 2 aliphatic rings. The van der Waals surface area contributed by atoms with Gasteiger partial charge in [-0.3, -0.25) is 9.78 Å². The fourth-order valence-corrected chi connectivity index (χ4v) is 4.00. The Bertz CT molecular complexity index is 772. The van der Waals surface area contributed by atoms with Crippen LogP contribution in [0.2, 0.25) is 0 Å². The molecule has 2 saturated heterocycles. The molecule has 0 saturated carbocycles. The molecule has 0 N–H and O–H groups in total. The van der Waals surface area contributed by atoms with Gasteiger partial charge in [-0.2, -0.15) is 0 Å². The van der Waals surface area contributed by atoms with Crippen molar-refractivity contribution in [3.05, 3.63) is 59.9 Å². The number of hydrogen-bond donors (Lipinski definition) is 0. The lowest BCUT2D eigenvalue weighted by molar-refractivity contribution is -0.119. The second kappa shape index (κ2) is 7.08. The van der Waals surface area contributed by atoms with Crippen molar-refractivity contribution in [3.8, 4) is 5.75 Å². The number of ether oxygens (including phenoxy) is 2. The highest BCUT2D eigenvalue weighted by Gasteiger charge is 2.54. The maximum absolute atomic E-state index is 12.7. The summed E-state index contributed by atoms with van der Waals surface area (Å²) in [4.78, 5) is 18.6. The van der Waals surface area contributed by atoms with Gasteiger partial charge >= 0.3 is 0 Å². The molecule has 5 heteroatoms. The number of carbonyl (C=O) groups is 1. The number of likely N-dealkylation sites (tertiary alicyclic amines) is 1. The molecule has 3 heterocycles. The quantitative estimate of drug-likeness (QED) is 0.830.